The zero-order chi connectivity index (χ0) is 25.8. The van der Waals surface area contributed by atoms with Gasteiger partial charge in [0, 0.05) is 61.1 Å². The standard InChI is InChI=1S/C28H27F3N6/c1-15(2)37-16(3)35-27-23(30)10-18(12-25(27)37)21-14-34-28-20(21)8-19(13-33-28)17-9-22(29)26(31)24(11-17)36-6-4-32-5-7-36/h8-15,32H,4-7H2,1-3H3,(H,33,34). The first-order chi connectivity index (χ1) is 17.8. The third kappa shape index (κ3) is 3.94. The largest absolute Gasteiger partial charge is 0.367 e. The maximum Gasteiger partial charge on any atom is 0.182 e. The summed E-state index contributed by atoms with van der Waals surface area (Å²) < 4.78 is 46.6. The van der Waals surface area contributed by atoms with Gasteiger partial charge in [0.25, 0.3) is 0 Å². The van der Waals surface area contributed by atoms with Gasteiger partial charge in [0.2, 0.25) is 0 Å². The predicted molar refractivity (Wildman–Crippen MR) is 140 cm³/mol. The van der Waals surface area contributed by atoms with Gasteiger partial charge < -0.3 is 19.8 Å². The van der Waals surface area contributed by atoms with Gasteiger partial charge in [0.15, 0.2) is 17.5 Å². The molecule has 4 heterocycles. The van der Waals surface area contributed by atoms with E-state index in [4.69, 9.17) is 0 Å². The van der Waals surface area contributed by atoms with E-state index in [0.29, 0.717) is 54.0 Å². The molecule has 1 aliphatic rings. The molecule has 0 aliphatic carbocycles. The molecule has 37 heavy (non-hydrogen) atoms. The first-order valence-electron chi connectivity index (χ1n) is 12.4. The van der Waals surface area contributed by atoms with Gasteiger partial charge in [0.05, 0.1) is 11.2 Å². The lowest BCUT2D eigenvalue weighted by atomic mass is 10.0. The fourth-order valence-electron chi connectivity index (χ4n) is 5.35. The molecule has 2 N–H and O–H groups in total. The van der Waals surface area contributed by atoms with Crippen LogP contribution < -0.4 is 10.2 Å². The zero-order valence-corrected chi connectivity index (χ0v) is 20.9. The van der Waals surface area contributed by atoms with E-state index in [1.54, 1.807) is 18.5 Å². The maximum absolute atomic E-state index is 15.2. The van der Waals surface area contributed by atoms with Gasteiger partial charge in [-0.3, -0.25) is 0 Å². The van der Waals surface area contributed by atoms with Crippen LogP contribution in [0.3, 0.4) is 0 Å². The highest BCUT2D eigenvalue weighted by atomic mass is 19.2. The molecule has 0 atom stereocenters. The van der Waals surface area contributed by atoms with Crippen molar-refractivity contribution in [3.8, 4) is 22.3 Å². The van der Waals surface area contributed by atoms with Gasteiger partial charge in [-0.25, -0.2) is 23.1 Å². The van der Waals surface area contributed by atoms with E-state index in [0.717, 1.165) is 22.3 Å². The molecule has 2 aromatic carbocycles. The third-order valence-corrected chi connectivity index (χ3v) is 7.08. The molecular weight excluding hydrogens is 477 g/mol. The Kier molecular flexibility index (Phi) is 5.67. The van der Waals surface area contributed by atoms with E-state index in [1.165, 1.54) is 12.1 Å². The van der Waals surface area contributed by atoms with Gasteiger partial charge >= 0.3 is 0 Å². The molecule has 1 saturated heterocycles. The van der Waals surface area contributed by atoms with E-state index >= 15 is 4.39 Å². The number of hydrogen-bond donors (Lipinski definition) is 2. The number of imidazole rings is 1. The summed E-state index contributed by atoms with van der Waals surface area (Å²) in [4.78, 5) is 14.0. The number of hydrogen-bond acceptors (Lipinski definition) is 4. The second kappa shape index (κ2) is 8.92. The highest BCUT2D eigenvalue weighted by molar-refractivity contribution is 5.98. The van der Waals surface area contributed by atoms with Crippen LogP contribution in [0.25, 0.3) is 44.3 Å². The first-order valence-corrected chi connectivity index (χ1v) is 12.4. The summed E-state index contributed by atoms with van der Waals surface area (Å²) in [6.07, 6.45) is 3.43. The predicted octanol–water partition coefficient (Wildman–Crippen LogP) is 5.96. The average molecular weight is 505 g/mol. The Morgan fingerprint density at radius 1 is 0.919 bits per heavy atom. The number of piperazine rings is 1. The molecule has 5 aromatic rings. The molecule has 0 bridgehead atoms. The van der Waals surface area contributed by atoms with Crippen molar-refractivity contribution in [2.75, 3.05) is 31.1 Å². The number of aromatic nitrogens is 4. The minimum atomic E-state index is -0.898. The molecular formula is C28H27F3N6. The SMILES string of the molecule is Cc1nc2c(F)cc(-c3c[nH]c4ncc(-c5cc(F)c(F)c(N6CCNCC6)c5)cc34)cc2n1C(C)C. The van der Waals surface area contributed by atoms with E-state index in [-0.39, 0.29) is 11.7 Å². The molecule has 0 radical (unpaired) electrons. The summed E-state index contributed by atoms with van der Waals surface area (Å²) in [7, 11) is 0. The number of aromatic amines is 1. The van der Waals surface area contributed by atoms with Crippen molar-refractivity contribution in [3.63, 3.8) is 0 Å². The topological polar surface area (TPSA) is 61.8 Å². The summed E-state index contributed by atoms with van der Waals surface area (Å²) in [5, 5.41) is 3.99. The van der Waals surface area contributed by atoms with E-state index < -0.39 is 17.5 Å². The molecule has 0 spiro atoms. The molecule has 6 nitrogen and oxygen atoms in total. The van der Waals surface area contributed by atoms with Crippen LogP contribution in [0.4, 0.5) is 18.9 Å². The van der Waals surface area contributed by atoms with Crippen LogP contribution in [-0.4, -0.2) is 45.7 Å². The first kappa shape index (κ1) is 23.5. The lowest BCUT2D eigenvalue weighted by molar-refractivity contribution is 0.500. The number of fused-ring (bicyclic) bond motifs is 2. The van der Waals surface area contributed by atoms with Crippen LogP contribution in [0, 0.1) is 24.4 Å². The van der Waals surface area contributed by atoms with Crippen molar-refractivity contribution >= 4 is 27.8 Å². The Morgan fingerprint density at radius 3 is 2.43 bits per heavy atom. The molecule has 0 amide bonds. The van der Waals surface area contributed by atoms with Gasteiger partial charge in [-0.1, -0.05) is 0 Å². The summed E-state index contributed by atoms with van der Waals surface area (Å²) in [6, 6.07) is 8.30. The number of rotatable bonds is 4. The lowest BCUT2D eigenvalue weighted by Crippen LogP contribution is -2.44. The number of nitrogens with one attached hydrogen (secondary N) is 2. The number of benzene rings is 2. The lowest BCUT2D eigenvalue weighted by Gasteiger charge is -2.30. The molecule has 190 valence electrons. The van der Waals surface area contributed by atoms with E-state index in [9.17, 15) is 8.78 Å². The molecule has 9 heteroatoms. The number of anilines is 1. The monoisotopic (exact) mass is 504 g/mol. The summed E-state index contributed by atoms with van der Waals surface area (Å²) in [6.45, 7) is 8.56. The van der Waals surface area contributed by atoms with Gasteiger partial charge in [-0.15, -0.1) is 0 Å². The van der Waals surface area contributed by atoms with Crippen LogP contribution in [0.1, 0.15) is 25.7 Å². The number of nitrogens with zero attached hydrogens (tertiary/aromatic N) is 4. The summed E-state index contributed by atoms with van der Waals surface area (Å²) in [5.41, 5.74) is 4.57. The third-order valence-electron chi connectivity index (χ3n) is 7.08. The van der Waals surface area contributed by atoms with Gasteiger partial charge in [-0.05, 0) is 62.2 Å². The molecule has 6 rings (SSSR count). The number of aryl methyl sites for hydroxylation is 1. The number of halogens is 3. The smallest absolute Gasteiger partial charge is 0.182 e. The molecule has 1 aliphatic heterocycles. The average Bonchev–Trinajstić information content (AvgIpc) is 3.46. The van der Waals surface area contributed by atoms with Crippen molar-refractivity contribution in [2.24, 2.45) is 0 Å². The van der Waals surface area contributed by atoms with Crippen molar-refractivity contribution in [3.05, 3.63) is 66.0 Å². The van der Waals surface area contributed by atoms with Gasteiger partial charge in [0.1, 0.15) is 17.0 Å². The Hall–Kier alpha value is -3.85. The van der Waals surface area contributed by atoms with E-state index in [1.807, 2.05) is 42.4 Å². The van der Waals surface area contributed by atoms with Crippen molar-refractivity contribution in [1.82, 2.24) is 24.8 Å². The quantitative estimate of drug-likeness (QED) is 0.317. The van der Waals surface area contributed by atoms with E-state index in [2.05, 4.69) is 20.3 Å². The second-order valence-electron chi connectivity index (χ2n) is 9.80. The molecule has 3 aromatic heterocycles. The van der Waals surface area contributed by atoms with Gasteiger partial charge in [-0.2, -0.15) is 0 Å². The number of pyridine rings is 1. The van der Waals surface area contributed by atoms with Crippen LogP contribution in [0.5, 0.6) is 0 Å². The van der Waals surface area contributed by atoms with Crippen LogP contribution in [-0.2, 0) is 0 Å². The van der Waals surface area contributed by atoms with Crippen LogP contribution in [0.15, 0.2) is 42.7 Å². The molecule has 0 saturated carbocycles. The Balaban J connectivity index is 1.48. The maximum atomic E-state index is 15.2. The minimum Gasteiger partial charge on any atom is -0.367 e. The summed E-state index contributed by atoms with van der Waals surface area (Å²) in [5.74, 6) is -1.38. The minimum absolute atomic E-state index is 0.120. The Bertz CT molecular complexity index is 1650. The number of H-pyrrole nitrogens is 1. The normalized spacial score (nSPS) is 14.4. The molecule has 1 fully saturated rings. The van der Waals surface area contributed by atoms with Crippen molar-refractivity contribution in [1.29, 1.82) is 0 Å². The second-order valence-corrected chi connectivity index (χ2v) is 9.80. The van der Waals surface area contributed by atoms with Crippen LogP contribution >= 0.6 is 0 Å². The fraction of sp³-hybridized carbons (Fsp3) is 0.286. The molecule has 0 unspecified atom stereocenters. The highest BCUT2D eigenvalue weighted by Gasteiger charge is 2.21. The Morgan fingerprint density at radius 2 is 1.68 bits per heavy atom. The van der Waals surface area contributed by atoms with Crippen molar-refractivity contribution < 1.29 is 13.2 Å². The van der Waals surface area contributed by atoms with Crippen molar-refractivity contribution in [2.45, 2.75) is 26.8 Å². The fourth-order valence-corrected chi connectivity index (χ4v) is 5.35. The summed E-state index contributed by atoms with van der Waals surface area (Å²) >= 11 is 0. The Labute approximate surface area is 212 Å². The highest BCUT2D eigenvalue weighted by Crippen LogP contribution is 2.36. The van der Waals surface area contributed by atoms with Crippen LogP contribution in [0.2, 0.25) is 0 Å². The zero-order valence-electron chi connectivity index (χ0n) is 20.9.